The molecular weight excluding hydrogens is 236 g/mol. The van der Waals surface area contributed by atoms with Gasteiger partial charge < -0.3 is 4.74 Å². The predicted molar refractivity (Wildman–Crippen MR) is 63.0 cm³/mol. The fraction of sp³-hybridized carbons (Fsp3) is 0.500. The van der Waals surface area contributed by atoms with Crippen LogP contribution in [0.25, 0.3) is 0 Å². The maximum atomic E-state index is 13.0. The second-order valence-electron chi connectivity index (χ2n) is 4.82. The average molecular weight is 251 g/mol. The van der Waals surface area contributed by atoms with Crippen molar-refractivity contribution in [2.24, 2.45) is 5.41 Å². The third-order valence-corrected chi connectivity index (χ3v) is 3.45. The van der Waals surface area contributed by atoms with Crippen molar-refractivity contribution < 1.29 is 13.5 Å². The Morgan fingerprint density at radius 2 is 1.89 bits per heavy atom. The van der Waals surface area contributed by atoms with E-state index in [9.17, 15) is 14.0 Å². The molecule has 0 atom stereocenters. The van der Waals surface area contributed by atoms with Gasteiger partial charge in [-0.15, -0.1) is 0 Å². The molecule has 0 amide bonds. The molecule has 1 saturated carbocycles. The highest BCUT2D eigenvalue weighted by Crippen LogP contribution is 2.36. The van der Waals surface area contributed by atoms with Gasteiger partial charge in [-0.25, -0.2) is 8.78 Å². The van der Waals surface area contributed by atoms with E-state index in [1.807, 2.05) is 0 Å². The maximum absolute atomic E-state index is 13.0. The normalized spacial score (nSPS) is 18.1. The summed E-state index contributed by atoms with van der Waals surface area (Å²) in [6.45, 7) is 0.245. The lowest BCUT2D eigenvalue weighted by Crippen LogP contribution is -2.29. The lowest BCUT2D eigenvalue weighted by Gasteiger charge is -2.30. The molecule has 0 aliphatic heterocycles. The van der Waals surface area contributed by atoms with Gasteiger partial charge in [0.1, 0.15) is 12.4 Å². The Morgan fingerprint density at radius 1 is 1.17 bits per heavy atom. The van der Waals surface area contributed by atoms with Crippen molar-refractivity contribution >= 4 is 0 Å². The topological polar surface area (TPSA) is 33.0 Å². The highest BCUT2D eigenvalue weighted by atomic mass is 19.2. The second kappa shape index (κ2) is 5.34. The van der Waals surface area contributed by atoms with Crippen LogP contribution >= 0.6 is 0 Å². The van der Waals surface area contributed by atoms with Gasteiger partial charge in [-0.1, -0.05) is 19.3 Å². The zero-order chi connectivity index (χ0) is 13.0. The molecule has 1 aromatic rings. The number of nitriles is 1. The van der Waals surface area contributed by atoms with E-state index in [1.165, 1.54) is 6.07 Å². The molecule has 0 heterocycles. The summed E-state index contributed by atoms with van der Waals surface area (Å²) in [6.07, 6.45) is 4.82. The molecule has 0 bridgehead atoms. The molecule has 2 nitrogen and oxygen atoms in total. The molecule has 0 aromatic heterocycles. The molecule has 1 fully saturated rings. The van der Waals surface area contributed by atoms with Gasteiger partial charge in [0.05, 0.1) is 11.5 Å². The van der Waals surface area contributed by atoms with Crippen LogP contribution in [0.3, 0.4) is 0 Å². The first-order valence-corrected chi connectivity index (χ1v) is 6.14. The van der Waals surface area contributed by atoms with Crippen molar-refractivity contribution in [3.8, 4) is 11.8 Å². The Hall–Kier alpha value is -1.63. The van der Waals surface area contributed by atoms with Crippen molar-refractivity contribution in [1.29, 1.82) is 5.26 Å². The van der Waals surface area contributed by atoms with Crippen molar-refractivity contribution in [2.45, 2.75) is 32.1 Å². The molecule has 1 aromatic carbocycles. The number of benzene rings is 1. The molecule has 18 heavy (non-hydrogen) atoms. The monoisotopic (exact) mass is 251 g/mol. The third-order valence-electron chi connectivity index (χ3n) is 3.45. The van der Waals surface area contributed by atoms with E-state index in [1.54, 1.807) is 0 Å². The average Bonchev–Trinajstić information content (AvgIpc) is 2.41. The standard InChI is InChI=1S/C14H15F2NO/c15-12-5-4-11(8-13(12)16)18-10-14(9-17)6-2-1-3-7-14/h4-5,8H,1-3,6-7,10H2. The maximum Gasteiger partial charge on any atom is 0.162 e. The highest BCUT2D eigenvalue weighted by Gasteiger charge is 2.33. The fourth-order valence-corrected chi connectivity index (χ4v) is 2.31. The van der Waals surface area contributed by atoms with Crippen LogP contribution in [0.4, 0.5) is 8.78 Å². The molecule has 4 heteroatoms. The molecule has 0 radical (unpaired) electrons. The lowest BCUT2D eigenvalue weighted by atomic mass is 9.76. The summed E-state index contributed by atoms with van der Waals surface area (Å²) in [6, 6.07) is 5.75. The summed E-state index contributed by atoms with van der Waals surface area (Å²) in [5.41, 5.74) is -0.469. The number of hydrogen-bond acceptors (Lipinski definition) is 2. The minimum Gasteiger partial charge on any atom is -0.492 e. The molecule has 0 unspecified atom stereocenters. The minimum atomic E-state index is -0.929. The minimum absolute atomic E-state index is 0.245. The number of hydrogen-bond donors (Lipinski definition) is 0. The molecule has 96 valence electrons. The van der Waals surface area contributed by atoms with Crippen LogP contribution < -0.4 is 4.74 Å². The van der Waals surface area contributed by atoms with Crippen LogP contribution in [0.2, 0.25) is 0 Å². The molecule has 0 saturated heterocycles. The van der Waals surface area contributed by atoms with Crippen molar-refractivity contribution in [3.05, 3.63) is 29.8 Å². The van der Waals surface area contributed by atoms with E-state index >= 15 is 0 Å². The fourth-order valence-electron chi connectivity index (χ4n) is 2.31. The first-order valence-electron chi connectivity index (χ1n) is 6.14. The van der Waals surface area contributed by atoms with E-state index in [0.29, 0.717) is 0 Å². The largest absolute Gasteiger partial charge is 0.492 e. The Balaban J connectivity index is 2.01. The van der Waals surface area contributed by atoms with E-state index in [4.69, 9.17) is 4.74 Å². The van der Waals surface area contributed by atoms with Gasteiger partial charge in [0, 0.05) is 6.07 Å². The zero-order valence-corrected chi connectivity index (χ0v) is 10.1. The zero-order valence-electron chi connectivity index (χ0n) is 10.1. The summed E-state index contributed by atoms with van der Waals surface area (Å²) < 4.78 is 31.2. The first kappa shape index (κ1) is 12.8. The van der Waals surface area contributed by atoms with Crippen molar-refractivity contribution in [3.63, 3.8) is 0 Å². The summed E-state index contributed by atoms with van der Waals surface area (Å²) >= 11 is 0. The van der Waals surface area contributed by atoms with Gasteiger partial charge in [0.15, 0.2) is 11.6 Å². The van der Waals surface area contributed by atoms with E-state index < -0.39 is 17.0 Å². The summed E-state index contributed by atoms with van der Waals surface area (Å²) in [5, 5.41) is 9.25. The van der Waals surface area contributed by atoms with Crippen molar-refractivity contribution in [2.75, 3.05) is 6.61 Å². The molecule has 2 rings (SSSR count). The number of ether oxygens (including phenoxy) is 1. The summed E-state index contributed by atoms with van der Waals surface area (Å²) in [4.78, 5) is 0. The van der Waals surface area contributed by atoms with E-state index in [2.05, 4.69) is 6.07 Å². The van der Waals surface area contributed by atoms with Gasteiger partial charge in [0.2, 0.25) is 0 Å². The quantitative estimate of drug-likeness (QED) is 0.818. The third kappa shape index (κ3) is 2.79. The first-order chi connectivity index (χ1) is 8.65. The highest BCUT2D eigenvalue weighted by molar-refractivity contribution is 5.24. The van der Waals surface area contributed by atoms with E-state index in [-0.39, 0.29) is 12.4 Å². The second-order valence-corrected chi connectivity index (χ2v) is 4.82. The Bertz CT molecular complexity index is 461. The predicted octanol–water partition coefficient (Wildman–Crippen LogP) is 3.82. The smallest absolute Gasteiger partial charge is 0.162 e. The Morgan fingerprint density at radius 3 is 2.50 bits per heavy atom. The van der Waals surface area contributed by atoms with Gasteiger partial charge in [-0.05, 0) is 25.0 Å². The van der Waals surface area contributed by atoms with Gasteiger partial charge in [0.25, 0.3) is 0 Å². The molecule has 1 aliphatic carbocycles. The number of halogens is 2. The van der Waals surface area contributed by atoms with Crippen molar-refractivity contribution in [1.82, 2.24) is 0 Å². The van der Waals surface area contributed by atoms with Crippen LogP contribution in [0, 0.1) is 28.4 Å². The summed E-state index contributed by atoms with van der Waals surface area (Å²) in [7, 11) is 0. The molecular formula is C14H15F2NO. The lowest BCUT2D eigenvalue weighted by molar-refractivity contribution is 0.150. The Labute approximate surface area is 105 Å². The number of nitrogens with zero attached hydrogens (tertiary/aromatic N) is 1. The molecule has 0 spiro atoms. The Kier molecular flexibility index (Phi) is 3.81. The van der Waals surface area contributed by atoms with Gasteiger partial charge in [-0.3, -0.25) is 0 Å². The van der Waals surface area contributed by atoms with E-state index in [0.717, 1.165) is 44.2 Å². The van der Waals surface area contributed by atoms with Crippen LogP contribution in [0.1, 0.15) is 32.1 Å². The SMILES string of the molecule is N#CC1(COc2ccc(F)c(F)c2)CCCCC1. The van der Waals surface area contributed by atoms with Crippen LogP contribution in [-0.2, 0) is 0 Å². The van der Waals surface area contributed by atoms with Crippen LogP contribution in [0.5, 0.6) is 5.75 Å². The van der Waals surface area contributed by atoms with Gasteiger partial charge >= 0.3 is 0 Å². The van der Waals surface area contributed by atoms with Gasteiger partial charge in [-0.2, -0.15) is 5.26 Å². The molecule has 1 aliphatic rings. The number of rotatable bonds is 3. The van der Waals surface area contributed by atoms with Crippen LogP contribution in [-0.4, -0.2) is 6.61 Å². The molecule has 0 N–H and O–H groups in total. The van der Waals surface area contributed by atoms with Crippen LogP contribution in [0.15, 0.2) is 18.2 Å². The summed E-state index contributed by atoms with van der Waals surface area (Å²) in [5.74, 6) is -1.55.